The largest absolute Gasteiger partial charge is 0.475 e. The second kappa shape index (κ2) is 2.85. The summed E-state index contributed by atoms with van der Waals surface area (Å²) in [6.45, 7) is 0.992. The number of imidazole rings is 1. The zero-order valence-corrected chi connectivity index (χ0v) is 9.53. The minimum absolute atomic E-state index is 0.0546. The standard InChI is InChI=1S/C11H15N3O2/c1-13-6-3-7-8(11(13)4-5-11)12-9(10(15)16)14(7)2/h3-6H2,1-2H3,(H,15,16). The van der Waals surface area contributed by atoms with Crippen LogP contribution in [-0.2, 0) is 19.0 Å². The Hall–Kier alpha value is -1.36. The Morgan fingerprint density at radius 1 is 1.44 bits per heavy atom. The summed E-state index contributed by atoms with van der Waals surface area (Å²) in [6, 6.07) is 0. The molecule has 0 aromatic carbocycles. The molecule has 1 spiro atoms. The van der Waals surface area contributed by atoms with E-state index in [1.54, 1.807) is 11.6 Å². The summed E-state index contributed by atoms with van der Waals surface area (Å²) in [7, 11) is 3.90. The molecule has 2 aliphatic rings. The first-order chi connectivity index (χ1) is 7.56. The number of carboxylic acid groups (broad SMARTS) is 1. The van der Waals surface area contributed by atoms with Crippen molar-refractivity contribution >= 4 is 5.97 Å². The number of aromatic carboxylic acids is 1. The molecule has 16 heavy (non-hydrogen) atoms. The summed E-state index contributed by atoms with van der Waals surface area (Å²) >= 11 is 0. The molecule has 1 fully saturated rings. The van der Waals surface area contributed by atoms with Crippen molar-refractivity contribution in [2.45, 2.75) is 24.8 Å². The molecule has 86 valence electrons. The van der Waals surface area contributed by atoms with Gasteiger partial charge in [-0.1, -0.05) is 0 Å². The highest BCUT2D eigenvalue weighted by molar-refractivity contribution is 5.84. The van der Waals surface area contributed by atoms with E-state index in [-0.39, 0.29) is 11.4 Å². The van der Waals surface area contributed by atoms with E-state index >= 15 is 0 Å². The van der Waals surface area contributed by atoms with Gasteiger partial charge in [0.05, 0.1) is 11.2 Å². The lowest BCUT2D eigenvalue weighted by atomic mass is 10.0. The highest BCUT2D eigenvalue weighted by atomic mass is 16.4. The maximum absolute atomic E-state index is 11.1. The minimum Gasteiger partial charge on any atom is -0.475 e. The van der Waals surface area contributed by atoms with Crippen molar-refractivity contribution in [3.8, 4) is 0 Å². The quantitative estimate of drug-likeness (QED) is 0.754. The molecule has 1 aromatic heterocycles. The molecule has 0 saturated heterocycles. The lowest BCUT2D eigenvalue weighted by molar-refractivity contribution is 0.0679. The van der Waals surface area contributed by atoms with Crippen LogP contribution in [-0.4, -0.2) is 39.1 Å². The second-order valence-corrected chi connectivity index (χ2v) is 4.80. The Labute approximate surface area is 93.7 Å². The fourth-order valence-electron chi connectivity index (χ4n) is 2.79. The number of aromatic nitrogens is 2. The van der Waals surface area contributed by atoms with Crippen LogP contribution >= 0.6 is 0 Å². The molecule has 1 N–H and O–H groups in total. The van der Waals surface area contributed by atoms with Crippen LogP contribution in [0.2, 0.25) is 0 Å². The maximum Gasteiger partial charge on any atom is 0.372 e. The van der Waals surface area contributed by atoms with E-state index in [4.69, 9.17) is 5.11 Å². The first kappa shape index (κ1) is 9.84. The molecule has 5 nitrogen and oxygen atoms in total. The topological polar surface area (TPSA) is 58.4 Å². The van der Waals surface area contributed by atoms with E-state index in [1.165, 1.54) is 0 Å². The third kappa shape index (κ3) is 1.04. The molecule has 1 saturated carbocycles. The van der Waals surface area contributed by atoms with Crippen LogP contribution in [0.3, 0.4) is 0 Å². The van der Waals surface area contributed by atoms with Crippen molar-refractivity contribution in [3.05, 3.63) is 17.2 Å². The zero-order valence-electron chi connectivity index (χ0n) is 9.53. The Morgan fingerprint density at radius 3 is 2.69 bits per heavy atom. The van der Waals surface area contributed by atoms with Crippen molar-refractivity contribution in [2.24, 2.45) is 7.05 Å². The summed E-state index contributed by atoms with van der Waals surface area (Å²) in [5, 5.41) is 9.07. The van der Waals surface area contributed by atoms with Crippen LogP contribution in [0.5, 0.6) is 0 Å². The second-order valence-electron chi connectivity index (χ2n) is 4.80. The molecule has 0 bridgehead atoms. The molecule has 0 unspecified atom stereocenters. The average Bonchev–Trinajstić information content (AvgIpc) is 2.94. The van der Waals surface area contributed by atoms with Crippen molar-refractivity contribution in [1.29, 1.82) is 0 Å². The number of fused-ring (bicyclic) bond motifs is 2. The predicted octanol–water partition coefficient (Wildman–Crippen LogP) is 0.595. The van der Waals surface area contributed by atoms with Gasteiger partial charge >= 0.3 is 5.97 Å². The Kier molecular flexibility index (Phi) is 1.75. The Bertz CT molecular complexity index is 474. The van der Waals surface area contributed by atoms with E-state index in [0.717, 1.165) is 37.2 Å². The van der Waals surface area contributed by atoms with Gasteiger partial charge in [-0.3, -0.25) is 4.90 Å². The molecule has 1 aliphatic heterocycles. The van der Waals surface area contributed by atoms with Crippen LogP contribution in [0.15, 0.2) is 0 Å². The first-order valence-corrected chi connectivity index (χ1v) is 5.57. The molecule has 3 rings (SSSR count). The monoisotopic (exact) mass is 221 g/mol. The molecule has 5 heteroatoms. The van der Waals surface area contributed by atoms with Gasteiger partial charge in [0.2, 0.25) is 5.82 Å². The van der Waals surface area contributed by atoms with Gasteiger partial charge in [-0.25, -0.2) is 9.78 Å². The van der Waals surface area contributed by atoms with E-state index in [0.29, 0.717) is 0 Å². The minimum atomic E-state index is -0.935. The van der Waals surface area contributed by atoms with Gasteiger partial charge in [-0.2, -0.15) is 0 Å². The fraction of sp³-hybridized carbons (Fsp3) is 0.636. The lowest BCUT2D eigenvalue weighted by Gasteiger charge is -2.32. The van der Waals surface area contributed by atoms with Gasteiger partial charge in [-0.15, -0.1) is 0 Å². The highest BCUT2D eigenvalue weighted by Crippen LogP contribution is 2.52. The van der Waals surface area contributed by atoms with Crippen molar-refractivity contribution < 1.29 is 9.90 Å². The first-order valence-electron chi connectivity index (χ1n) is 5.57. The summed E-state index contributed by atoms with van der Waals surface area (Å²) in [5.41, 5.74) is 2.16. The van der Waals surface area contributed by atoms with Gasteiger partial charge in [0.25, 0.3) is 0 Å². The number of rotatable bonds is 1. The molecular weight excluding hydrogens is 206 g/mol. The van der Waals surface area contributed by atoms with Crippen LogP contribution in [0.25, 0.3) is 0 Å². The van der Waals surface area contributed by atoms with Crippen LogP contribution < -0.4 is 0 Å². The number of carboxylic acids is 1. The Balaban J connectivity index is 2.17. The van der Waals surface area contributed by atoms with Gasteiger partial charge < -0.3 is 9.67 Å². The Morgan fingerprint density at radius 2 is 2.12 bits per heavy atom. The lowest BCUT2D eigenvalue weighted by Crippen LogP contribution is -2.38. The van der Waals surface area contributed by atoms with E-state index in [1.807, 2.05) is 0 Å². The van der Waals surface area contributed by atoms with E-state index in [2.05, 4.69) is 16.9 Å². The molecule has 1 aromatic rings. The predicted molar refractivity (Wildman–Crippen MR) is 57.4 cm³/mol. The number of hydrogen-bond donors (Lipinski definition) is 1. The van der Waals surface area contributed by atoms with Gasteiger partial charge in [-0.05, 0) is 19.9 Å². The maximum atomic E-state index is 11.1. The van der Waals surface area contributed by atoms with Crippen molar-refractivity contribution in [3.63, 3.8) is 0 Å². The van der Waals surface area contributed by atoms with Gasteiger partial charge in [0.15, 0.2) is 0 Å². The highest BCUT2D eigenvalue weighted by Gasteiger charge is 2.53. The summed E-state index contributed by atoms with van der Waals surface area (Å²) in [6.07, 6.45) is 3.10. The third-order valence-corrected chi connectivity index (χ3v) is 3.98. The van der Waals surface area contributed by atoms with Crippen molar-refractivity contribution in [2.75, 3.05) is 13.6 Å². The summed E-state index contributed by atoms with van der Waals surface area (Å²) in [4.78, 5) is 17.7. The molecule has 0 radical (unpaired) electrons. The number of hydrogen-bond acceptors (Lipinski definition) is 3. The molecule has 2 heterocycles. The molecule has 0 amide bonds. The molecular formula is C11H15N3O2. The average molecular weight is 221 g/mol. The smallest absolute Gasteiger partial charge is 0.372 e. The number of carbonyl (C=O) groups is 1. The van der Waals surface area contributed by atoms with Crippen molar-refractivity contribution in [1.82, 2.24) is 14.5 Å². The van der Waals surface area contributed by atoms with E-state index < -0.39 is 5.97 Å². The van der Waals surface area contributed by atoms with Crippen LogP contribution in [0.1, 0.15) is 34.8 Å². The SMILES string of the molecule is CN1CCc2c(nc(C(=O)O)n2C)C12CC2. The van der Waals surface area contributed by atoms with E-state index in [9.17, 15) is 4.79 Å². The number of nitrogens with zero attached hydrogens (tertiary/aromatic N) is 3. The van der Waals surface area contributed by atoms with Gasteiger partial charge in [0, 0.05) is 25.7 Å². The van der Waals surface area contributed by atoms with Crippen LogP contribution in [0.4, 0.5) is 0 Å². The van der Waals surface area contributed by atoms with Crippen LogP contribution in [0, 0.1) is 0 Å². The third-order valence-electron chi connectivity index (χ3n) is 3.98. The number of likely N-dealkylation sites (N-methyl/N-ethyl adjacent to an activating group) is 1. The summed E-state index contributed by atoms with van der Waals surface area (Å²) in [5.74, 6) is -0.762. The summed E-state index contributed by atoms with van der Waals surface area (Å²) < 4.78 is 1.74. The fourth-order valence-corrected chi connectivity index (χ4v) is 2.79. The normalized spacial score (nSPS) is 22.1. The van der Waals surface area contributed by atoms with Gasteiger partial charge in [0.1, 0.15) is 0 Å². The molecule has 0 atom stereocenters. The molecule has 1 aliphatic carbocycles. The zero-order chi connectivity index (χ0) is 11.5.